The van der Waals surface area contributed by atoms with E-state index in [2.05, 4.69) is 22.1 Å². The molecule has 1 heterocycles. The number of aryl methyl sites for hydroxylation is 4. The van der Waals surface area contributed by atoms with Gasteiger partial charge in [0, 0.05) is 17.1 Å². The Morgan fingerprint density at radius 2 is 1.71 bits per heavy atom. The smallest absolute Gasteiger partial charge is 0.125 e. The minimum atomic E-state index is 0.808. The molecule has 0 aliphatic heterocycles. The normalized spacial score (nSPS) is 10.5. The van der Waals surface area contributed by atoms with Crippen molar-refractivity contribution in [1.29, 1.82) is 0 Å². The molecule has 0 radical (unpaired) electrons. The zero-order valence-electron chi connectivity index (χ0n) is 10.3. The molecule has 0 bridgehead atoms. The lowest BCUT2D eigenvalue weighted by atomic mass is 10.1. The number of benzene rings is 1. The topological polar surface area (TPSA) is 51.8 Å². The minimum absolute atomic E-state index is 0.808. The molecular weight excluding hydrogens is 210 g/mol. The van der Waals surface area contributed by atoms with Gasteiger partial charge in [0.15, 0.2) is 0 Å². The predicted octanol–water partition coefficient (Wildman–Crippen LogP) is 2.46. The standard InChI is InChI=1S/C14H17N3/c1-10-9-14(17-11(2)16-10)8-5-12-3-6-13(15)7-4-12/h3-4,6-7,9H,5,8,15H2,1-2H3. The number of aromatic nitrogens is 2. The summed E-state index contributed by atoms with van der Waals surface area (Å²) in [5.74, 6) is 0.845. The van der Waals surface area contributed by atoms with Crippen LogP contribution in [0.2, 0.25) is 0 Å². The lowest BCUT2D eigenvalue weighted by Gasteiger charge is -2.04. The van der Waals surface area contributed by atoms with Crippen LogP contribution in [-0.2, 0) is 12.8 Å². The van der Waals surface area contributed by atoms with Gasteiger partial charge in [-0.15, -0.1) is 0 Å². The van der Waals surface area contributed by atoms with Crippen LogP contribution in [0.15, 0.2) is 30.3 Å². The van der Waals surface area contributed by atoms with Crippen LogP contribution in [0.1, 0.15) is 22.8 Å². The molecule has 0 saturated carbocycles. The molecule has 0 spiro atoms. The Morgan fingerprint density at radius 3 is 2.35 bits per heavy atom. The quantitative estimate of drug-likeness (QED) is 0.819. The first-order chi connectivity index (χ1) is 8.13. The fourth-order valence-electron chi connectivity index (χ4n) is 1.88. The maximum atomic E-state index is 5.65. The van der Waals surface area contributed by atoms with Crippen molar-refractivity contribution in [3.05, 3.63) is 53.1 Å². The Balaban J connectivity index is 2.04. The molecule has 0 fully saturated rings. The van der Waals surface area contributed by atoms with Gasteiger partial charge < -0.3 is 5.73 Å². The van der Waals surface area contributed by atoms with Crippen LogP contribution in [0, 0.1) is 13.8 Å². The molecule has 0 atom stereocenters. The van der Waals surface area contributed by atoms with Gasteiger partial charge in [0.2, 0.25) is 0 Å². The first-order valence-corrected chi connectivity index (χ1v) is 5.79. The summed E-state index contributed by atoms with van der Waals surface area (Å²) in [7, 11) is 0. The molecule has 0 unspecified atom stereocenters. The molecule has 1 aromatic heterocycles. The van der Waals surface area contributed by atoms with Gasteiger partial charge in [0.25, 0.3) is 0 Å². The summed E-state index contributed by atoms with van der Waals surface area (Å²) in [5, 5.41) is 0. The van der Waals surface area contributed by atoms with Crippen molar-refractivity contribution in [2.75, 3.05) is 5.73 Å². The molecule has 17 heavy (non-hydrogen) atoms. The van der Waals surface area contributed by atoms with E-state index in [9.17, 15) is 0 Å². The number of nitrogens with zero attached hydrogens (tertiary/aromatic N) is 2. The maximum Gasteiger partial charge on any atom is 0.125 e. The van der Waals surface area contributed by atoms with Crippen LogP contribution < -0.4 is 5.73 Å². The van der Waals surface area contributed by atoms with Gasteiger partial charge in [-0.3, -0.25) is 0 Å². The van der Waals surface area contributed by atoms with E-state index >= 15 is 0 Å². The van der Waals surface area contributed by atoms with Crippen LogP contribution in [0.4, 0.5) is 5.69 Å². The number of nitrogen functional groups attached to an aromatic ring is 1. The fraction of sp³-hybridized carbons (Fsp3) is 0.286. The second-order valence-electron chi connectivity index (χ2n) is 4.29. The van der Waals surface area contributed by atoms with Gasteiger partial charge in [-0.2, -0.15) is 0 Å². The summed E-state index contributed by atoms with van der Waals surface area (Å²) in [5.41, 5.74) is 9.88. The van der Waals surface area contributed by atoms with E-state index in [1.165, 1.54) is 5.56 Å². The molecule has 2 N–H and O–H groups in total. The number of hydrogen-bond donors (Lipinski definition) is 1. The molecule has 88 valence electrons. The van der Waals surface area contributed by atoms with Crippen molar-refractivity contribution < 1.29 is 0 Å². The average molecular weight is 227 g/mol. The summed E-state index contributed by atoms with van der Waals surface area (Å²) in [6, 6.07) is 10.0. The Kier molecular flexibility index (Phi) is 3.38. The predicted molar refractivity (Wildman–Crippen MR) is 69.8 cm³/mol. The van der Waals surface area contributed by atoms with Crippen LogP contribution in [-0.4, -0.2) is 9.97 Å². The Bertz CT molecular complexity index is 483. The van der Waals surface area contributed by atoms with Gasteiger partial charge in [-0.1, -0.05) is 12.1 Å². The first kappa shape index (κ1) is 11.6. The Hall–Kier alpha value is -1.90. The molecule has 3 nitrogen and oxygen atoms in total. The fourth-order valence-corrected chi connectivity index (χ4v) is 1.88. The lowest BCUT2D eigenvalue weighted by Crippen LogP contribution is -1.99. The van der Waals surface area contributed by atoms with Crippen molar-refractivity contribution in [3.63, 3.8) is 0 Å². The highest BCUT2D eigenvalue weighted by molar-refractivity contribution is 5.39. The van der Waals surface area contributed by atoms with E-state index in [0.717, 1.165) is 35.7 Å². The second-order valence-corrected chi connectivity index (χ2v) is 4.29. The molecule has 2 rings (SSSR count). The van der Waals surface area contributed by atoms with E-state index in [1.807, 2.05) is 32.0 Å². The van der Waals surface area contributed by atoms with Gasteiger partial charge in [0.05, 0.1) is 0 Å². The monoisotopic (exact) mass is 227 g/mol. The molecule has 3 heteroatoms. The highest BCUT2D eigenvalue weighted by Crippen LogP contribution is 2.09. The van der Waals surface area contributed by atoms with Crippen molar-refractivity contribution in [3.8, 4) is 0 Å². The molecular formula is C14H17N3. The molecule has 1 aromatic carbocycles. The number of rotatable bonds is 3. The van der Waals surface area contributed by atoms with Gasteiger partial charge in [-0.05, 0) is 50.5 Å². The SMILES string of the molecule is Cc1cc(CCc2ccc(N)cc2)nc(C)n1. The lowest BCUT2D eigenvalue weighted by molar-refractivity contribution is 0.868. The van der Waals surface area contributed by atoms with Gasteiger partial charge >= 0.3 is 0 Å². The molecule has 0 amide bonds. The highest BCUT2D eigenvalue weighted by Gasteiger charge is 2.00. The largest absolute Gasteiger partial charge is 0.399 e. The zero-order valence-corrected chi connectivity index (χ0v) is 10.3. The van der Waals surface area contributed by atoms with E-state index in [4.69, 9.17) is 5.73 Å². The third kappa shape index (κ3) is 3.28. The van der Waals surface area contributed by atoms with E-state index in [0.29, 0.717) is 0 Å². The van der Waals surface area contributed by atoms with E-state index < -0.39 is 0 Å². The van der Waals surface area contributed by atoms with Crippen molar-refractivity contribution >= 4 is 5.69 Å². The summed E-state index contributed by atoms with van der Waals surface area (Å²) < 4.78 is 0. The number of nitrogens with two attached hydrogens (primary N) is 1. The average Bonchev–Trinajstić information content (AvgIpc) is 2.27. The Morgan fingerprint density at radius 1 is 1.00 bits per heavy atom. The highest BCUT2D eigenvalue weighted by atomic mass is 14.9. The Labute approximate surface area is 102 Å². The third-order valence-corrected chi connectivity index (χ3v) is 2.67. The van der Waals surface area contributed by atoms with Gasteiger partial charge in [-0.25, -0.2) is 9.97 Å². The second kappa shape index (κ2) is 4.95. The number of anilines is 1. The van der Waals surface area contributed by atoms with Crippen molar-refractivity contribution in [2.24, 2.45) is 0 Å². The van der Waals surface area contributed by atoms with Crippen molar-refractivity contribution in [1.82, 2.24) is 9.97 Å². The molecule has 0 aliphatic rings. The summed E-state index contributed by atoms with van der Waals surface area (Å²) >= 11 is 0. The van der Waals surface area contributed by atoms with Crippen LogP contribution in [0.3, 0.4) is 0 Å². The summed E-state index contributed by atoms with van der Waals surface area (Å²) in [6.45, 7) is 3.93. The van der Waals surface area contributed by atoms with Gasteiger partial charge in [0.1, 0.15) is 5.82 Å². The molecule has 0 aliphatic carbocycles. The summed E-state index contributed by atoms with van der Waals surface area (Å²) in [4.78, 5) is 8.70. The first-order valence-electron chi connectivity index (χ1n) is 5.79. The van der Waals surface area contributed by atoms with Crippen molar-refractivity contribution in [2.45, 2.75) is 26.7 Å². The zero-order chi connectivity index (χ0) is 12.3. The van der Waals surface area contributed by atoms with E-state index in [1.54, 1.807) is 0 Å². The molecule has 2 aromatic rings. The van der Waals surface area contributed by atoms with Crippen LogP contribution in [0.5, 0.6) is 0 Å². The van der Waals surface area contributed by atoms with Crippen LogP contribution >= 0.6 is 0 Å². The summed E-state index contributed by atoms with van der Waals surface area (Å²) in [6.07, 6.45) is 1.92. The third-order valence-electron chi connectivity index (χ3n) is 2.67. The molecule has 0 saturated heterocycles. The maximum absolute atomic E-state index is 5.65. The van der Waals surface area contributed by atoms with Crippen LogP contribution in [0.25, 0.3) is 0 Å². The van der Waals surface area contributed by atoms with E-state index in [-0.39, 0.29) is 0 Å². The number of hydrogen-bond acceptors (Lipinski definition) is 3. The minimum Gasteiger partial charge on any atom is -0.399 e.